The first-order valence-electron chi connectivity index (χ1n) is 6.43. The number of ether oxygens (including phenoxy) is 3. The van der Waals surface area contributed by atoms with E-state index in [1.165, 1.54) is 19.4 Å². The van der Waals surface area contributed by atoms with Crippen LogP contribution in [-0.2, 0) is 14.2 Å². The van der Waals surface area contributed by atoms with E-state index in [9.17, 15) is 9.90 Å². The van der Waals surface area contributed by atoms with Gasteiger partial charge >= 0.3 is 5.97 Å². The summed E-state index contributed by atoms with van der Waals surface area (Å²) in [6.07, 6.45) is 0.921. The minimum atomic E-state index is -0.639. The van der Waals surface area contributed by atoms with Crippen molar-refractivity contribution in [1.82, 2.24) is 0 Å². The van der Waals surface area contributed by atoms with Gasteiger partial charge in [0.2, 0.25) is 0 Å². The van der Waals surface area contributed by atoms with Crippen LogP contribution in [0, 0.1) is 0 Å². The maximum absolute atomic E-state index is 11.8. The van der Waals surface area contributed by atoms with Crippen molar-refractivity contribution in [3.63, 3.8) is 0 Å². The van der Waals surface area contributed by atoms with Crippen LogP contribution in [0.15, 0.2) is 34.9 Å². The van der Waals surface area contributed by atoms with Crippen molar-refractivity contribution in [2.45, 2.75) is 6.29 Å². The van der Waals surface area contributed by atoms with Crippen molar-refractivity contribution < 1.29 is 28.5 Å². The first-order chi connectivity index (χ1) is 10.2. The van der Waals surface area contributed by atoms with Crippen LogP contribution in [0.3, 0.4) is 0 Å². The Morgan fingerprint density at radius 1 is 1.33 bits per heavy atom. The molecule has 0 unspecified atom stereocenters. The summed E-state index contributed by atoms with van der Waals surface area (Å²) in [6, 6.07) is 6.57. The zero-order chi connectivity index (χ0) is 14.8. The quantitative estimate of drug-likeness (QED) is 0.875. The molecule has 0 aliphatic carbocycles. The van der Waals surface area contributed by atoms with Gasteiger partial charge in [0.1, 0.15) is 17.1 Å². The lowest BCUT2D eigenvalue weighted by molar-refractivity contribution is -0.0441. The summed E-state index contributed by atoms with van der Waals surface area (Å²) in [5, 5.41) is 10.3. The molecule has 0 atom stereocenters. The molecule has 0 radical (unpaired) electrons. The highest BCUT2D eigenvalue weighted by molar-refractivity contribution is 5.95. The second kappa shape index (κ2) is 5.59. The van der Waals surface area contributed by atoms with Gasteiger partial charge in [0.05, 0.1) is 32.2 Å². The number of aromatic hydroxyl groups is 1. The van der Waals surface area contributed by atoms with Crippen LogP contribution in [0.1, 0.15) is 22.2 Å². The van der Waals surface area contributed by atoms with Crippen molar-refractivity contribution in [2.75, 3.05) is 20.3 Å². The lowest BCUT2D eigenvalue weighted by atomic mass is 10.0. The molecule has 0 amide bonds. The topological polar surface area (TPSA) is 78.1 Å². The number of carbonyl (C=O) groups excluding carboxylic acids is 1. The monoisotopic (exact) mass is 290 g/mol. The van der Waals surface area contributed by atoms with E-state index in [1.54, 1.807) is 18.2 Å². The third kappa shape index (κ3) is 2.51. The number of esters is 1. The van der Waals surface area contributed by atoms with E-state index >= 15 is 0 Å². The molecule has 0 bridgehead atoms. The average molecular weight is 290 g/mol. The van der Waals surface area contributed by atoms with Crippen molar-refractivity contribution in [3.8, 4) is 17.1 Å². The molecule has 1 aromatic carbocycles. The van der Waals surface area contributed by atoms with E-state index in [4.69, 9.17) is 18.6 Å². The Morgan fingerprint density at radius 3 is 2.71 bits per heavy atom. The standard InChI is InChI=1S/C15H14O6/c1-18-14(17)11-8-9(15-20-5-6-21-15)7-10(13(11)16)12-3-2-4-19-12/h2-4,7-8,15-16H,5-6H2,1H3. The lowest BCUT2D eigenvalue weighted by Gasteiger charge is -2.14. The molecule has 1 aliphatic rings. The third-order valence-corrected chi connectivity index (χ3v) is 3.22. The van der Waals surface area contributed by atoms with Gasteiger partial charge in [-0.25, -0.2) is 4.79 Å². The molecule has 110 valence electrons. The fraction of sp³-hybridized carbons (Fsp3) is 0.267. The summed E-state index contributed by atoms with van der Waals surface area (Å²) in [5.41, 5.74) is 1.05. The molecule has 3 rings (SSSR count). The Hall–Kier alpha value is -2.31. The Morgan fingerprint density at radius 2 is 2.10 bits per heavy atom. The van der Waals surface area contributed by atoms with Crippen LogP contribution in [0.2, 0.25) is 0 Å². The second-order valence-electron chi connectivity index (χ2n) is 4.51. The number of benzene rings is 1. The first-order valence-corrected chi connectivity index (χ1v) is 6.43. The van der Waals surface area contributed by atoms with Crippen LogP contribution in [0.25, 0.3) is 11.3 Å². The molecule has 21 heavy (non-hydrogen) atoms. The molecule has 1 aliphatic heterocycles. The molecular formula is C15H14O6. The molecule has 1 saturated heterocycles. The first kappa shape index (κ1) is 13.7. The summed E-state index contributed by atoms with van der Waals surface area (Å²) in [4.78, 5) is 11.8. The average Bonchev–Trinajstić information content (AvgIpc) is 3.19. The zero-order valence-corrected chi connectivity index (χ0v) is 11.4. The van der Waals surface area contributed by atoms with Gasteiger partial charge in [0.15, 0.2) is 6.29 Å². The van der Waals surface area contributed by atoms with E-state index in [2.05, 4.69) is 0 Å². The van der Waals surface area contributed by atoms with Crippen LogP contribution >= 0.6 is 0 Å². The highest BCUT2D eigenvalue weighted by Crippen LogP contribution is 2.37. The van der Waals surface area contributed by atoms with E-state index in [0.717, 1.165) is 0 Å². The molecular weight excluding hydrogens is 276 g/mol. The summed E-state index contributed by atoms with van der Waals surface area (Å²) in [5.74, 6) is -0.392. The SMILES string of the molecule is COC(=O)c1cc(C2OCCO2)cc(-c2ccco2)c1O. The van der Waals surface area contributed by atoms with Crippen LogP contribution in [0.5, 0.6) is 5.75 Å². The lowest BCUT2D eigenvalue weighted by Crippen LogP contribution is -2.06. The fourth-order valence-corrected chi connectivity index (χ4v) is 2.23. The van der Waals surface area contributed by atoms with E-state index in [1.807, 2.05) is 0 Å². The third-order valence-electron chi connectivity index (χ3n) is 3.22. The van der Waals surface area contributed by atoms with Crippen LogP contribution in [0.4, 0.5) is 0 Å². The highest BCUT2D eigenvalue weighted by Gasteiger charge is 2.25. The van der Waals surface area contributed by atoms with Crippen LogP contribution < -0.4 is 0 Å². The predicted molar refractivity (Wildman–Crippen MR) is 71.8 cm³/mol. The molecule has 2 aromatic rings. The summed E-state index contributed by atoms with van der Waals surface area (Å²) >= 11 is 0. The van der Waals surface area contributed by atoms with Gasteiger partial charge in [0, 0.05) is 5.56 Å². The Balaban J connectivity index is 2.13. The molecule has 0 saturated carbocycles. The molecule has 1 fully saturated rings. The normalized spacial score (nSPS) is 15.3. The number of hydrogen-bond donors (Lipinski definition) is 1. The molecule has 6 heteroatoms. The minimum Gasteiger partial charge on any atom is -0.506 e. The number of phenolic OH excluding ortho intramolecular Hbond substituents is 1. The number of rotatable bonds is 3. The number of phenols is 1. The van der Waals surface area contributed by atoms with Gasteiger partial charge in [-0.1, -0.05) is 0 Å². The Labute approximate surface area is 120 Å². The largest absolute Gasteiger partial charge is 0.506 e. The van der Waals surface area contributed by atoms with E-state index in [-0.39, 0.29) is 11.3 Å². The zero-order valence-electron chi connectivity index (χ0n) is 11.4. The molecule has 1 N–H and O–H groups in total. The number of carbonyl (C=O) groups is 1. The molecule has 0 spiro atoms. The second-order valence-corrected chi connectivity index (χ2v) is 4.51. The highest BCUT2D eigenvalue weighted by atomic mass is 16.7. The maximum atomic E-state index is 11.8. The van der Waals surface area contributed by atoms with Gasteiger partial charge < -0.3 is 23.7 Å². The summed E-state index contributed by atoms with van der Waals surface area (Å²) < 4.78 is 20.9. The van der Waals surface area contributed by atoms with Crippen molar-refractivity contribution in [2.24, 2.45) is 0 Å². The molecule has 2 heterocycles. The van der Waals surface area contributed by atoms with E-state index in [0.29, 0.717) is 30.1 Å². The molecule has 6 nitrogen and oxygen atoms in total. The van der Waals surface area contributed by atoms with Gasteiger partial charge in [-0.05, 0) is 24.3 Å². The smallest absolute Gasteiger partial charge is 0.341 e. The van der Waals surface area contributed by atoms with Crippen molar-refractivity contribution in [1.29, 1.82) is 0 Å². The number of methoxy groups -OCH3 is 1. The predicted octanol–water partition coefficient (Wildman–Crippen LogP) is 2.48. The Kier molecular flexibility index (Phi) is 3.64. The van der Waals surface area contributed by atoms with Crippen molar-refractivity contribution >= 4 is 5.97 Å². The fourth-order valence-electron chi connectivity index (χ4n) is 2.23. The van der Waals surface area contributed by atoms with Gasteiger partial charge in [0.25, 0.3) is 0 Å². The van der Waals surface area contributed by atoms with Gasteiger partial charge in [-0.15, -0.1) is 0 Å². The van der Waals surface area contributed by atoms with Gasteiger partial charge in [-0.2, -0.15) is 0 Å². The molecule has 1 aromatic heterocycles. The Bertz CT molecular complexity index is 640. The van der Waals surface area contributed by atoms with Crippen LogP contribution in [-0.4, -0.2) is 31.4 Å². The van der Waals surface area contributed by atoms with Gasteiger partial charge in [-0.3, -0.25) is 0 Å². The summed E-state index contributed by atoms with van der Waals surface area (Å²) in [6.45, 7) is 0.963. The number of furan rings is 1. The summed E-state index contributed by atoms with van der Waals surface area (Å²) in [7, 11) is 1.25. The maximum Gasteiger partial charge on any atom is 0.341 e. The minimum absolute atomic E-state index is 0.0421. The van der Waals surface area contributed by atoms with Crippen molar-refractivity contribution in [3.05, 3.63) is 41.7 Å². The number of hydrogen-bond acceptors (Lipinski definition) is 6. The van der Waals surface area contributed by atoms with E-state index < -0.39 is 12.3 Å².